The van der Waals surface area contributed by atoms with E-state index < -0.39 is 0 Å². The maximum atomic E-state index is 12.3. The molecule has 0 radical (unpaired) electrons. The molecule has 0 aromatic heterocycles. The molecule has 6 nitrogen and oxygen atoms in total. The van der Waals surface area contributed by atoms with Crippen LogP contribution < -0.4 is 0 Å². The Morgan fingerprint density at radius 1 is 1.18 bits per heavy atom. The van der Waals surface area contributed by atoms with Crippen LogP contribution in [0.1, 0.15) is 39.0 Å². The van der Waals surface area contributed by atoms with Gasteiger partial charge in [0.2, 0.25) is 0 Å². The van der Waals surface area contributed by atoms with Gasteiger partial charge >= 0.3 is 12.0 Å². The summed E-state index contributed by atoms with van der Waals surface area (Å²) >= 11 is 0. The Kier molecular flexibility index (Phi) is 6.06. The van der Waals surface area contributed by atoms with Crippen molar-refractivity contribution in [2.75, 3.05) is 40.3 Å². The van der Waals surface area contributed by atoms with Gasteiger partial charge in [-0.3, -0.25) is 9.69 Å². The lowest BCUT2D eigenvalue weighted by Gasteiger charge is -2.39. The second kappa shape index (κ2) is 7.81. The predicted octanol–water partition coefficient (Wildman–Crippen LogP) is 1.55. The maximum absolute atomic E-state index is 12.3. The van der Waals surface area contributed by atoms with Crippen molar-refractivity contribution in [1.82, 2.24) is 14.7 Å². The van der Waals surface area contributed by atoms with Crippen LogP contribution in [-0.2, 0) is 9.53 Å². The van der Waals surface area contributed by atoms with Gasteiger partial charge in [0, 0.05) is 32.7 Å². The first-order valence-corrected chi connectivity index (χ1v) is 8.42. The molecule has 2 amide bonds. The molecule has 0 aromatic rings. The van der Waals surface area contributed by atoms with Gasteiger partial charge in [-0.05, 0) is 38.6 Å². The minimum Gasteiger partial charge on any atom is -0.468 e. The van der Waals surface area contributed by atoms with Gasteiger partial charge in [-0.2, -0.15) is 0 Å². The summed E-state index contributed by atoms with van der Waals surface area (Å²) in [5.41, 5.74) is 0. The molecule has 0 unspecified atom stereocenters. The zero-order valence-electron chi connectivity index (χ0n) is 14.1. The van der Waals surface area contributed by atoms with Crippen LogP contribution in [0.15, 0.2) is 0 Å². The van der Waals surface area contributed by atoms with E-state index in [1.54, 1.807) is 4.90 Å². The van der Waals surface area contributed by atoms with E-state index in [2.05, 4.69) is 11.8 Å². The summed E-state index contributed by atoms with van der Waals surface area (Å²) in [6.07, 6.45) is 4.81. The van der Waals surface area contributed by atoms with E-state index in [4.69, 9.17) is 4.74 Å². The molecule has 0 spiro atoms. The van der Waals surface area contributed by atoms with E-state index in [1.807, 2.05) is 11.9 Å². The Bertz CT molecular complexity index is 394. The molecule has 0 aromatic carbocycles. The summed E-state index contributed by atoms with van der Waals surface area (Å²) in [5.74, 6) is -0.112. The van der Waals surface area contributed by atoms with Crippen molar-refractivity contribution in [2.24, 2.45) is 0 Å². The Hall–Kier alpha value is -1.30. The molecule has 0 saturated carbocycles. The fourth-order valence-electron chi connectivity index (χ4n) is 3.68. The highest BCUT2D eigenvalue weighted by molar-refractivity contribution is 5.76. The van der Waals surface area contributed by atoms with Crippen LogP contribution in [0.2, 0.25) is 0 Å². The van der Waals surface area contributed by atoms with Crippen LogP contribution in [0.3, 0.4) is 0 Å². The van der Waals surface area contributed by atoms with Crippen LogP contribution >= 0.6 is 0 Å². The highest BCUT2D eigenvalue weighted by Gasteiger charge is 2.38. The van der Waals surface area contributed by atoms with Crippen LogP contribution in [0.4, 0.5) is 4.79 Å². The quantitative estimate of drug-likeness (QED) is 0.739. The van der Waals surface area contributed by atoms with Gasteiger partial charge in [0.05, 0.1) is 7.11 Å². The van der Waals surface area contributed by atoms with Gasteiger partial charge in [0.15, 0.2) is 0 Å². The number of rotatable bonds is 4. The van der Waals surface area contributed by atoms with E-state index in [1.165, 1.54) is 7.11 Å². The van der Waals surface area contributed by atoms with Crippen molar-refractivity contribution < 1.29 is 14.3 Å². The molecule has 0 bridgehead atoms. The number of urea groups is 1. The number of likely N-dealkylation sites (tertiary alicyclic amines) is 2. The lowest BCUT2D eigenvalue weighted by molar-refractivity contribution is -0.147. The van der Waals surface area contributed by atoms with Gasteiger partial charge in [-0.25, -0.2) is 4.79 Å². The highest BCUT2D eigenvalue weighted by atomic mass is 16.5. The molecule has 6 heteroatoms. The molecule has 2 aliphatic heterocycles. The molecule has 126 valence electrons. The van der Waals surface area contributed by atoms with E-state index in [0.717, 1.165) is 58.3 Å². The predicted molar refractivity (Wildman–Crippen MR) is 84.7 cm³/mol. The molecule has 2 rings (SSSR count). The Morgan fingerprint density at radius 3 is 2.45 bits per heavy atom. The number of carbonyl (C=O) groups is 2. The third-order valence-corrected chi connectivity index (χ3v) is 4.86. The van der Waals surface area contributed by atoms with Crippen molar-refractivity contribution in [2.45, 2.75) is 51.1 Å². The second-order valence-electron chi connectivity index (χ2n) is 6.34. The van der Waals surface area contributed by atoms with Gasteiger partial charge in [0.25, 0.3) is 0 Å². The van der Waals surface area contributed by atoms with Crippen molar-refractivity contribution in [3.8, 4) is 0 Å². The standard InChI is InChI=1S/C16H29N3O3/c1-4-9-17(2)16(21)18-11-7-13(8-12-18)19-10-5-6-14(19)15(20)22-3/h13-14H,4-12H2,1-3H3/t14-/m0/s1. The van der Waals surface area contributed by atoms with Crippen molar-refractivity contribution in [3.05, 3.63) is 0 Å². The van der Waals surface area contributed by atoms with Crippen LogP contribution in [0.5, 0.6) is 0 Å². The molecule has 0 aliphatic carbocycles. The SMILES string of the molecule is CCCN(C)C(=O)N1CCC(N2CCC[C@H]2C(=O)OC)CC1. The van der Waals surface area contributed by atoms with Crippen LogP contribution in [0, 0.1) is 0 Å². The van der Waals surface area contributed by atoms with E-state index in [-0.39, 0.29) is 18.0 Å². The largest absolute Gasteiger partial charge is 0.468 e. The average Bonchev–Trinajstić information content (AvgIpc) is 3.03. The average molecular weight is 311 g/mol. The maximum Gasteiger partial charge on any atom is 0.323 e. The number of esters is 1. The van der Waals surface area contributed by atoms with Crippen molar-refractivity contribution in [1.29, 1.82) is 0 Å². The first-order chi connectivity index (χ1) is 10.6. The third kappa shape index (κ3) is 3.72. The van der Waals surface area contributed by atoms with Crippen molar-refractivity contribution in [3.63, 3.8) is 0 Å². The molecule has 2 aliphatic rings. The monoisotopic (exact) mass is 311 g/mol. The number of hydrogen-bond acceptors (Lipinski definition) is 4. The number of hydrogen-bond donors (Lipinski definition) is 0. The van der Waals surface area contributed by atoms with Gasteiger partial charge in [-0.1, -0.05) is 6.92 Å². The number of ether oxygens (including phenoxy) is 1. The molecule has 2 fully saturated rings. The summed E-state index contributed by atoms with van der Waals surface area (Å²) in [6.45, 7) is 5.41. The summed E-state index contributed by atoms with van der Waals surface area (Å²) in [6, 6.07) is 0.443. The highest BCUT2D eigenvalue weighted by Crippen LogP contribution is 2.27. The number of nitrogens with zero attached hydrogens (tertiary/aromatic N) is 3. The molecule has 1 atom stereocenters. The fourth-order valence-corrected chi connectivity index (χ4v) is 3.68. The Morgan fingerprint density at radius 2 is 1.86 bits per heavy atom. The molecule has 22 heavy (non-hydrogen) atoms. The Labute approximate surface area is 133 Å². The van der Waals surface area contributed by atoms with Crippen molar-refractivity contribution >= 4 is 12.0 Å². The van der Waals surface area contributed by atoms with E-state index in [9.17, 15) is 9.59 Å². The fraction of sp³-hybridized carbons (Fsp3) is 0.875. The van der Waals surface area contributed by atoms with E-state index in [0.29, 0.717) is 6.04 Å². The molecule has 2 saturated heterocycles. The minimum absolute atomic E-state index is 0.0833. The zero-order chi connectivity index (χ0) is 16.1. The van der Waals surface area contributed by atoms with Gasteiger partial charge in [-0.15, -0.1) is 0 Å². The smallest absolute Gasteiger partial charge is 0.323 e. The number of methoxy groups -OCH3 is 1. The minimum atomic E-state index is -0.112. The lowest BCUT2D eigenvalue weighted by atomic mass is 10.0. The molecule has 0 N–H and O–H groups in total. The topological polar surface area (TPSA) is 53.1 Å². The first-order valence-electron chi connectivity index (χ1n) is 8.42. The normalized spacial score (nSPS) is 23.6. The Balaban J connectivity index is 1.86. The number of amides is 2. The van der Waals surface area contributed by atoms with Gasteiger partial charge < -0.3 is 14.5 Å². The van der Waals surface area contributed by atoms with Crippen LogP contribution in [-0.4, -0.2) is 79.1 Å². The van der Waals surface area contributed by atoms with E-state index >= 15 is 0 Å². The molecule has 2 heterocycles. The number of piperidine rings is 1. The second-order valence-corrected chi connectivity index (χ2v) is 6.34. The summed E-state index contributed by atoms with van der Waals surface area (Å²) < 4.78 is 4.92. The molecular weight excluding hydrogens is 282 g/mol. The number of carbonyl (C=O) groups excluding carboxylic acids is 2. The summed E-state index contributed by atoms with van der Waals surface area (Å²) in [7, 11) is 3.33. The van der Waals surface area contributed by atoms with Crippen LogP contribution in [0.25, 0.3) is 0 Å². The first kappa shape index (κ1) is 17.1. The summed E-state index contributed by atoms with van der Waals surface area (Å²) in [4.78, 5) is 30.2. The lowest BCUT2D eigenvalue weighted by Crippen LogP contribution is -2.52. The molecular formula is C16H29N3O3. The zero-order valence-corrected chi connectivity index (χ0v) is 14.1. The third-order valence-electron chi connectivity index (χ3n) is 4.86. The summed E-state index contributed by atoms with van der Waals surface area (Å²) in [5, 5.41) is 0. The van der Waals surface area contributed by atoms with Gasteiger partial charge in [0.1, 0.15) is 6.04 Å².